The molecule has 2 atom stereocenters. The molecule has 2 rings (SSSR count). The molecular formula is C14H15ClN2O2. The van der Waals surface area contributed by atoms with Crippen LogP contribution >= 0.6 is 11.6 Å². The smallest absolute Gasteiger partial charge is 0.250 e. The number of carbonyl (C=O) groups excluding carboxylic acids is 2. The Balaban J connectivity index is 2.29. The van der Waals surface area contributed by atoms with Crippen molar-refractivity contribution in [1.82, 2.24) is 10.2 Å². The predicted octanol–water partition coefficient (Wildman–Crippen LogP) is 1.83. The fraction of sp³-hybridized carbons (Fsp3) is 0.286. The lowest BCUT2D eigenvalue weighted by atomic mass is 10.0. The summed E-state index contributed by atoms with van der Waals surface area (Å²) in [5.41, 5.74) is 0.762. The van der Waals surface area contributed by atoms with Gasteiger partial charge in [0.2, 0.25) is 5.91 Å². The minimum absolute atomic E-state index is 0.167. The summed E-state index contributed by atoms with van der Waals surface area (Å²) in [6.07, 6.45) is 0. The zero-order chi connectivity index (χ0) is 14.0. The quantitative estimate of drug-likeness (QED) is 0.917. The monoisotopic (exact) mass is 278 g/mol. The van der Waals surface area contributed by atoms with Crippen LogP contribution in [0.1, 0.15) is 18.5 Å². The Morgan fingerprint density at radius 3 is 2.58 bits per heavy atom. The van der Waals surface area contributed by atoms with E-state index >= 15 is 0 Å². The Hall–Kier alpha value is -1.81. The molecule has 1 fully saturated rings. The standard InChI is InChI=1S/C14H15ClN2O2/c1-9(15)8-17-10(2)13(18)16-12(14(17)19)11-6-4-3-5-7-11/h3-7,10,12H,1,8H2,2H3,(H,16,18). The van der Waals surface area contributed by atoms with Gasteiger partial charge in [-0.25, -0.2) is 0 Å². The Bertz CT molecular complexity index is 515. The zero-order valence-corrected chi connectivity index (χ0v) is 11.4. The summed E-state index contributed by atoms with van der Waals surface area (Å²) < 4.78 is 0. The van der Waals surface area contributed by atoms with Crippen LogP contribution in [-0.4, -0.2) is 29.3 Å². The summed E-state index contributed by atoms with van der Waals surface area (Å²) in [5, 5.41) is 3.07. The van der Waals surface area contributed by atoms with Gasteiger partial charge in [-0.3, -0.25) is 9.59 Å². The van der Waals surface area contributed by atoms with Crippen LogP contribution in [-0.2, 0) is 9.59 Å². The summed E-state index contributed by atoms with van der Waals surface area (Å²) in [5.74, 6) is -0.355. The number of nitrogens with one attached hydrogen (secondary N) is 1. The number of hydrogen-bond acceptors (Lipinski definition) is 2. The van der Waals surface area contributed by atoms with E-state index in [1.165, 1.54) is 4.90 Å². The van der Waals surface area contributed by atoms with Gasteiger partial charge in [0, 0.05) is 5.03 Å². The lowest BCUT2D eigenvalue weighted by Crippen LogP contribution is -2.58. The van der Waals surface area contributed by atoms with E-state index in [9.17, 15) is 9.59 Å². The van der Waals surface area contributed by atoms with Crippen LogP contribution in [0.4, 0.5) is 0 Å². The van der Waals surface area contributed by atoms with Gasteiger partial charge in [-0.1, -0.05) is 48.5 Å². The highest BCUT2D eigenvalue weighted by molar-refractivity contribution is 6.29. The molecule has 4 nitrogen and oxygen atoms in total. The van der Waals surface area contributed by atoms with E-state index in [0.29, 0.717) is 5.03 Å². The number of amides is 2. The number of halogens is 1. The molecule has 1 aliphatic heterocycles. The first-order valence-electron chi connectivity index (χ1n) is 6.00. The molecule has 1 aliphatic rings. The average molecular weight is 279 g/mol. The average Bonchev–Trinajstić information content (AvgIpc) is 2.39. The van der Waals surface area contributed by atoms with Crippen LogP contribution in [0.5, 0.6) is 0 Å². The Morgan fingerprint density at radius 1 is 1.37 bits per heavy atom. The maximum Gasteiger partial charge on any atom is 0.250 e. The van der Waals surface area contributed by atoms with Crippen LogP contribution in [0.3, 0.4) is 0 Å². The molecule has 1 aromatic rings. The maximum absolute atomic E-state index is 12.4. The predicted molar refractivity (Wildman–Crippen MR) is 73.5 cm³/mol. The lowest BCUT2D eigenvalue weighted by Gasteiger charge is -2.37. The number of benzene rings is 1. The SMILES string of the molecule is C=C(Cl)CN1C(=O)C(c2ccccc2)NC(=O)C1C. The summed E-state index contributed by atoms with van der Waals surface area (Å²) in [7, 11) is 0. The third-order valence-corrected chi connectivity index (χ3v) is 3.26. The largest absolute Gasteiger partial charge is 0.339 e. The van der Waals surface area contributed by atoms with Crippen molar-refractivity contribution in [2.45, 2.75) is 19.0 Å². The molecule has 0 spiro atoms. The van der Waals surface area contributed by atoms with Gasteiger partial charge in [0.15, 0.2) is 0 Å². The van der Waals surface area contributed by atoms with Crippen molar-refractivity contribution in [3.05, 3.63) is 47.5 Å². The van der Waals surface area contributed by atoms with Crippen LogP contribution in [0.15, 0.2) is 41.9 Å². The second-order valence-corrected chi connectivity index (χ2v) is 5.05. The van der Waals surface area contributed by atoms with Crippen molar-refractivity contribution < 1.29 is 9.59 Å². The number of hydrogen-bond donors (Lipinski definition) is 1. The minimum atomic E-state index is -0.652. The molecule has 1 heterocycles. The molecule has 1 N–H and O–H groups in total. The first kappa shape index (κ1) is 13.6. The first-order valence-corrected chi connectivity index (χ1v) is 6.37. The van der Waals surface area contributed by atoms with Crippen molar-refractivity contribution in [3.63, 3.8) is 0 Å². The Labute approximate surface area is 117 Å². The Morgan fingerprint density at radius 2 is 2.00 bits per heavy atom. The molecule has 0 aromatic heterocycles. The summed E-state index contributed by atoms with van der Waals surface area (Å²) in [6.45, 7) is 5.43. The van der Waals surface area contributed by atoms with Crippen LogP contribution in [0, 0.1) is 0 Å². The van der Waals surface area contributed by atoms with Gasteiger partial charge in [-0.15, -0.1) is 0 Å². The summed E-state index contributed by atoms with van der Waals surface area (Å²) >= 11 is 5.76. The van der Waals surface area contributed by atoms with Gasteiger partial charge in [-0.05, 0) is 12.5 Å². The van der Waals surface area contributed by atoms with Gasteiger partial charge < -0.3 is 10.2 Å². The molecule has 0 bridgehead atoms. The topological polar surface area (TPSA) is 49.4 Å². The van der Waals surface area contributed by atoms with Gasteiger partial charge in [0.1, 0.15) is 12.1 Å². The third-order valence-electron chi connectivity index (χ3n) is 3.14. The van der Waals surface area contributed by atoms with Gasteiger partial charge >= 0.3 is 0 Å². The fourth-order valence-electron chi connectivity index (χ4n) is 2.09. The second kappa shape index (κ2) is 5.45. The normalized spacial score (nSPS) is 23.2. The molecular weight excluding hydrogens is 264 g/mol. The molecule has 19 heavy (non-hydrogen) atoms. The first-order chi connectivity index (χ1) is 9.00. The highest BCUT2D eigenvalue weighted by Crippen LogP contribution is 2.23. The van der Waals surface area contributed by atoms with E-state index in [1.807, 2.05) is 30.3 Å². The van der Waals surface area contributed by atoms with Gasteiger partial charge in [0.05, 0.1) is 6.54 Å². The van der Waals surface area contributed by atoms with Crippen molar-refractivity contribution in [2.75, 3.05) is 6.54 Å². The Kier molecular flexibility index (Phi) is 3.90. The molecule has 1 saturated heterocycles. The number of rotatable bonds is 3. The van der Waals surface area contributed by atoms with E-state index in [1.54, 1.807) is 6.92 Å². The van der Waals surface area contributed by atoms with E-state index in [4.69, 9.17) is 11.6 Å². The van der Waals surface area contributed by atoms with E-state index in [0.717, 1.165) is 5.56 Å². The molecule has 0 radical (unpaired) electrons. The molecule has 2 amide bonds. The van der Waals surface area contributed by atoms with Gasteiger partial charge in [0.25, 0.3) is 5.91 Å². The number of carbonyl (C=O) groups is 2. The van der Waals surface area contributed by atoms with E-state index in [2.05, 4.69) is 11.9 Å². The number of nitrogens with zero attached hydrogens (tertiary/aromatic N) is 1. The molecule has 1 aromatic carbocycles. The van der Waals surface area contributed by atoms with Gasteiger partial charge in [-0.2, -0.15) is 0 Å². The van der Waals surface area contributed by atoms with Crippen molar-refractivity contribution in [2.24, 2.45) is 0 Å². The van der Waals surface area contributed by atoms with Crippen LogP contribution in [0.25, 0.3) is 0 Å². The van der Waals surface area contributed by atoms with E-state index in [-0.39, 0.29) is 18.4 Å². The fourth-order valence-corrected chi connectivity index (χ4v) is 2.22. The zero-order valence-electron chi connectivity index (χ0n) is 10.6. The second-order valence-electron chi connectivity index (χ2n) is 4.51. The summed E-state index contributed by atoms with van der Waals surface area (Å²) in [4.78, 5) is 25.8. The molecule has 0 aliphatic carbocycles. The molecule has 2 unspecified atom stereocenters. The third kappa shape index (κ3) is 2.79. The molecule has 100 valence electrons. The summed E-state index contributed by atoms with van der Waals surface area (Å²) in [6, 6.07) is 7.96. The van der Waals surface area contributed by atoms with Crippen LogP contribution < -0.4 is 5.32 Å². The van der Waals surface area contributed by atoms with Crippen molar-refractivity contribution >= 4 is 23.4 Å². The molecule has 0 saturated carbocycles. The maximum atomic E-state index is 12.4. The van der Waals surface area contributed by atoms with Crippen molar-refractivity contribution in [1.29, 1.82) is 0 Å². The van der Waals surface area contributed by atoms with E-state index < -0.39 is 12.1 Å². The van der Waals surface area contributed by atoms with Crippen molar-refractivity contribution in [3.8, 4) is 0 Å². The highest BCUT2D eigenvalue weighted by Gasteiger charge is 2.38. The lowest BCUT2D eigenvalue weighted by molar-refractivity contribution is -0.148. The minimum Gasteiger partial charge on any atom is -0.339 e. The molecule has 5 heteroatoms. The number of piperazine rings is 1. The van der Waals surface area contributed by atoms with Crippen LogP contribution in [0.2, 0.25) is 0 Å². The highest BCUT2D eigenvalue weighted by atomic mass is 35.5.